The molecular weight excluding hydrogens is 256 g/mol. The summed E-state index contributed by atoms with van der Waals surface area (Å²) in [6.07, 6.45) is 5.23. The van der Waals surface area contributed by atoms with Gasteiger partial charge in [0.25, 0.3) is 0 Å². The molecule has 0 aromatic heterocycles. The number of fused-ring (bicyclic) bond motifs is 2. The van der Waals surface area contributed by atoms with Gasteiger partial charge >= 0.3 is 5.97 Å². The molecule has 108 valence electrons. The Morgan fingerprint density at radius 3 is 2.55 bits per heavy atom. The monoisotopic (exact) mass is 276 g/mol. The average molecular weight is 276 g/mol. The Labute approximate surface area is 118 Å². The van der Waals surface area contributed by atoms with Crippen LogP contribution < -0.4 is 5.32 Å². The normalized spacial score (nSPS) is 40.1. The fraction of sp³-hybridized carbons (Fsp3) is 0.733. The molecule has 5 heteroatoms. The zero-order valence-electron chi connectivity index (χ0n) is 11.8. The third-order valence-electron chi connectivity index (χ3n) is 5.53. The van der Waals surface area contributed by atoms with Crippen molar-refractivity contribution in [3.8, 4) is 0 Å². The molecule has 3 atom stereocenters. The number of hydrogen-bond acceptors (Lipinski definition) is 4. The summed E-state index contributed by atoms with van der Waals surface area (Å²) < 4.78 is 5.05. The number of amides is 1. The summed E-state index contributed by atoms with van der Waals surface area (Å²) in [6.45, 7) is 2.76. The molecule has 1 spiro atoms. The van der Waals surface area contributed by atoms with Gasteiger partial charge in [-0.3, -0.25) is 4.79 Å². The second-order valence-corrected chi connectivity index (χ2v) is 6.68. The van der Waals surface area contributed by atoms with Crippen LogP contribution in [0.25, 0.3) is 0 Å². The topological polar surface area (TPSA) is 58.6 Å². The standard InChI is InChI=1S/C15H20N2O3/c1-9-12(8-20-13(9)18)17-5-4-15(14(17)19)6-10-2-3-11(7-15)16-10/h10-11,16H,2-8H2,1H3/t10-,11+,15?. The lowest BCUT2D eigenvalue weighted by atomic mass is 9.74. The van der Waals surface area contributed by atoms with Crippen molar-refractivity contribution < 1.29 is 14.3 Å². The second kappa shape index (κ2) is 4.07. The number of esters is 1. The zero-order chi connectivity index (χ0) is 13.9. The van der Waals surface area contributed by atoms with E-state index in [1.54, 1.807) is 6.92 Å². The van der Waals surface area contributed by atoms with Crippen LogP contribution in [0.15, 0.2) is 11.3 Å². The Hall–Kier alpha value is -1.36. The molecule has 1 amide bonds. The predicted molar refractivity (Wildman–Crippen MR) is 71.6 cm³/mol. The fourth-order valence-corrected chi connectivity index (χ4v) is 4.46. The highest BCUT2D eigenvalue weighted by Crippen LogP contribution is 2.48. The largest absolute Gasteiger partial charge is 0.456 e. The maximum absolute atomic E-state index is 12.9. The first-order valence-electron chi connectivity index (χ1n) is 7.54. The maximum Gasteiger partial charge on any atom is 0.336 e. The van der Waals surface area contributed by atoms with Crippen molar-refractivity contribution in [2.75, 3.05) is 13.2 Å². The van der Waals surface area contributed by atoms with Gasteiger partial charge in [0.2, 0.25) is 5.91 Å². The van der Waals surface area contributed by atoms with Gasteiger partial charge in [0, 0.05) is 18.6 Å². The summed E-state index contributed by atoms with van der Waals surface area (Å²) in [7, 11) is 0. The average Bonchev–Trinajstić information content (AvgIpc) is 3.03. The molecule has 4 aliphatic rings. The van der Waals surface area contributed by atoms with Gasteiger partial charge in [-0.25, -0.2) is 4.79 Å². The van der Waals surface area contributed by atoms with Crippen LogP contribution in [0, 0.1) is 5.41 Å². The minimum atomic E-state index is -0.279. The van der Waals surface area contributed by atoms with Crippen LogP contribution in [0.1, 0.15) is 39.0 Å². The molecule has 5 nitrogen and oxygen atoms in total. The summed E-state index contributed by atoms with van der Waals surface area (Å²) in [6, 6.07) is 1.02. The summed E-state index contributed by atoms with van der Waals surface area (Å²) in [4.78, 5) is 26.3. The third-order valence-corrected chi connectivity index (χ3v) is 5.53. The molecule has 1 unspecified atom stereocenters. The first kappa shape index (κ1) is 12.4. The molecule has 1 N–H and O–H groups in total. The second-order valence-electron chi connectivity index (χ2n) is 6.68. The minimum Gasteiger partial charge on any atom is -0.456 e. The molecule has 3 saturated heterocycles. The van der Waals surface area contributed by atoms with Gasteiger partial charge in [0.05, 0.1) is 16.7 Å². The molecule has 2 bridgehead atoms. The molecule has 0 radical (unpaired) electrons. The van der Waals surface area contributed by atoms with Crippen molar-refractivity contribution in [2.45, 2.75) is 51.1 Å². The van der Waals surface area contributed by atoms with Crippen molar-refractivity contribution >= 4 is 11.9 Å². The van der Waals surface area contributed by atoms with Gasteiger partial charge < -0.3 is 15.0 Å². The van der Waals surface area contributed by atoms with E-state index in [2.05, 4.69) is 5.32 Å². The van der Waals surface area contributed by atoms with E-state index < -0.39 is 0 Å². The Morgan fingerprint density at radius 1 is 1.25 bits per heavy atom. The number of piperidine rings is 1. The molecule has 3 fully saturated rings. The first-order chi connectivity index (χ1) is 9.59. The molecule has 4 rings (SSSR count). The van der Waals surface area contributed by atoms with Gasteiger partial charge in [-0.15, -0.1) is 0 Å². The summed E-state index contributed by atoms with van der Waals surface area (Å²) in [5.74, 6) is -0.0531. The highest BCUT2D eigenvalue weighted by atomic mass is 16.5. The lowest BCUT2D eigenvalue weighted by Gasteiger charge is -2.36. The number of carbonyl (C=O) groups is 2. The van der Waals surface area contributed by atoms with Crippen LogP contribution in [-0.4, -0.2) is 42.0 Å². The lowest BCUT2D eigenvalue weighted by molar-refractivity contribution is -0.138. The minimum absolute atomic E-state index is 0.185. The van der Waals surface area contributed by atoms with E-state index in [1.807, 2.05) is 4.90 Å². The van der Waals surface area contributed by atoms with E-state index >= 15 is 0 Å². The van der Waals surface area contributed by atoms with Crippen LogP contribution >= 0.6 is 0 Å². The van der Waals surface area contributed by atoms with Crippen LogP contribution in [0.5, 0.6) is 0 Å². The highest BCUT2D eigenvalue weighted by molar-refractivity contribution is 5.94. The molecule has 0 saturated carbocycles. The van der Waals surface area contributed by atoms with Gasteiger partial charge in [-0.05, 0) is 39.0 Å². The van der Waals surface area contributed by atoms with Crippen LogP contribution in [0.4, 0.5) is 0 Å². The van der Waals surface area contributed by atoms with Gasteiger partial charge in [-0.1, -0.05) is 0 Å². The smallest absolute Gasteiger partial charge is 0.336 e. The number of nitrogens with zero attached hydrogens (tertiary/aromatic N) is 1. The number of cyclic esters (lactones) is 1. The van der Waals surface area contributed by atoms with E-state index in [0.29, 0.717) is 17.7 Å². The van der Waals surface area contributed by atoms with Gasteiger partial charge in [0.1, 0.15) is 6.61 Å². The molecule has 4 heterocycles. The third kappa shape index (κ3) is 1.59. The van der Waals surface area contributed by atoms with Crippen LogP contribution in [0.2, 0.25) is 0 Å². The van der Waals surface area contributed by atoms with Crippen molar-refractivity contribution in [3.63, 3.8) is 0 Å². The Balaban J connectivity index is 1.62. The Kier molecular flexibility index (Phi) is 2.52. The maximum atomic E-state index is 12.9. The first-order valence-corrected chi connectivity index (χ1v) is 7.54. The summed E-state index contributed by atoms with van der Waals surface area (Å²) in [5.41, 5.74) is 1.21. The predicted octanol–water partition coefficient (Wildman–Crippen LogP) is 0.950. The van der Waals surface area contributed by atoms with Crippen molar-refractivity contribution in [2.24, 2.45) is 5.41 Å². The molecule has 0 aromatic rings. The van der Waals surface area contributed by atoms with E-state index in [1.165, 1.54) is 12.8 Å². The van der Waals surface area contributed by atoms with Crippen LogP contribution in [0.3, 0.4) is 0 Å². The molecule has 4 aliphatic heterocycles. The number of likely N-dealkylation sites (tertiary alicyclic amines) is 1. The molecular formula is C15H20N2O3. The quantitative estimate of drug-likeness (QED) is 0.724. The number of nitrogens with one attached hydrogen (secondary N) is 1. The molecule has 0 aliphatic carbocycles. The molecule has 0 aromatic carbocycles. The van der Waals surface area contributed by atoms with E-state index in [9.17, 15) is 9.59 Å². The van der Waals surface area contributed by atoms with E-state index in [4.69, 9.17) is 4.74 Å². The zero-order valence-corrected chi connectivity index (χ0v) is 11.8. The summed E-state index contributed by atoms with van der Waals surface area (Å²) >= 11 is 0. The van der Waals surface area contributed by atoms with Crippen LogP contribution in [-0.2, 0) is 14.3 Å². The van der Waals surface area contributed by atoms with Gasteiger partial charge in [0.15, 0.2) is 0 Å². The van der Waals surface area contributed by atoms with Crippen molar-refractivity contribution in [1.29, 1.82) is 0 Å². The summed E-state index contributed by atoms with van der Waals surface area (Å²) in [5, 5.41) is 3.60. The Morgan fingerprint density at radius 2 is 1.95 bits per heavy atom. The number of hydrogen-bond donors (Lipinski definition) is 1. The number of carbonyl (C=O) groups excluding carboxylic acids is 2. The van der Waals surface area contributed by atoms with E-state index in [-0.39, 0.29) is 23.9 Å². The Bertz CT molecular complexity index is 513. The lowest BCUT2D eigenvalue weighted by Crippen LogP contribution is -2.48. The molecule has 20 heavy (non-hydrogen) atoms. The van der Waals surface area contributed by atoms with Gasteiger partial charge in [-0.2, -0.15) is 0 Å². The van der Waals surface area contributed by atoms with E-state index in [0.717, 1.165) is 31.5 Å². The SMILES string of the molecule is CC1=C(N2CCC3(C[C@H]4CC[C@@H](C3)N4)C2=O)COC1=O. The number of rotatable bonds is 1. The fourth-order valence-electron chi connectivity index (χ4n) is 4.46. The highest BCUT2D eigenvalue weighted by Gasteiger charge is 2.54. The number of ether oxygens (including phenoxy) is 1. The van der Waals surface area contributed by atoms with Crippen molar-refractivity contribution in [1.82, 2.24) is 10.2 Å². The van der Waals surface area contributed by atoms with Crippen molar-refractivity contribution in [3.05, 3.63) is 11.3 Å².